The van der Waals surface area contributed by atoms with Crippen LogP contribution in [0.1, 0.15) is 32.5 Å². The highest BCUT2D eigenvalue weighted by Crippen LogP contribution is 2.19. The summed E-state index contributed by atoms with van der Waals surface area (Å²) in [5.41, 5.74) is 0.896. The number of hydrogen-bond donors (Lipinski definition) is 1. The van der Waals surface area contributed by atoms with Crippen molar-refractivity contribution in [3.63, 3.8) is 0 Å². The Morgan fingerprint density at radius 2 is 2.05 bits per heavy atom. The van der Waals surface area contributed by atoms with E-state index in [0.717, 1.165) is 30.9 Å². The lowest BCUT2D eigenvalue weighted by molar-refractivity contribution is -0.0423. The Morgan fingerprint density at radius 3 is 2.84 bits per heavy atom. The molecule has 0 amide bonds. The van der Waals surface area contributed by atoms with Gasteiger partial charge in [-0.1, -0.05) is 6.07 Å². The second-order valence-electron chi connectivity index (χ2n) is 5.35. The molecule has 3 rings (SSSR count). The van der Waals surface area contributed by atoms with Crippen LogP contribution in [-0.2, 0) is 11.3 Å². The van der Waals surface area contributed by atoms with Crippen LogP contribution >= 0.6 is 0 Å². The molecule has 1 aliphatic rings. The summed E-state index contributed by atoms with van der Waals surface area (Å²) in [5.74, 6) is 0.961. The Hall–Kier alpha value is -1.46. The maximum Gasteiger partial charge on any atom is 0.160 e. The van der Waals surface area contributed by atoms with Crippen molar-refractivity contribution in [1.29, 1.82) is 0 Å². The Balaban J connectivity index is 1.66. The third kappa shape index (κ3) is 2.77. The first kappa shape index (κ1) is 12.6. The zero-order chi connectivity index (χ0) is 13.2. The average molecular weight is 260 g/mol. The van der Waals surface area contributed by atoms with Crippen LogP contribution in [0, 0.1) is 0 Å². The van der Waals surface area contributed by atoms with Crippen molar-refractivity contribution in [3.8, 4) is 0 Å². The third-order valence-electron chi connectivity index (χ3n) is 3.63. The monoisotopic (exact) mass is 260 g/mol. The second kappa shape index (κ2) is 5.27. The summed E-state index contributed by atoms with van der Waals surface area (Å²) >= 11 is 0. The van der Waals surface area contributed by atoms with Crippen molar-refractivity contribution in [2.75, 3.05) is 0 Å². The van der Waals surface area contributed by atoms with Crippen molar-refractivity contribution >= 4 is 5.65 Å². The molecule has 0 aliphatic carbocycles. The molecule has 1 aliphatic heterocycles. The fourth-order valence-corrected chi connectivity index (χ4v) is 2.82. The predicted molar refractivity (Wildman–Crippen MR) is 72.9 cm³/mol. The summed E-state index contributed by atoms with van der Waals surface area (Å²) < 4.78 is 7.78. The van der Waals surface area contributed by atoms with Gasteiger partial charge in [0.05, 0.1) is 18.8 Å². The Labute approximate surface area is 113 Å². The Kier molecular flexibility index (Phi) is 3.48. The summed E-state index contributed by atoms with van der Waals surface area (Å²) in [6.45, 7) is 5.02. The molecule has 2 aromatic heterocycles. The SMILES string of the molecule is CC1CC(NCc2nnc3ccccn23)CC(C)O1. The number of ether oxygens (including phenoxy) is 1. The number of nitrogens with zero attached hydrogens (tertiary/aromatic N) is 3. The van der Waals surface area contributed by atoms with E-state index in [9.17, 15) is 0 Å². The van der Waals surface area contributed by atoms with Crippen LogP contribution in [0.4, 0.5) is 0 Å². The van der Waals surface area contributed by atoms with E-state index in [1.807, 2.05) is 28.8 Å². The lowest BCUT2D eigenvalue weighted by Gasteiger charge is -2.32. The molecule has 0 aromatic carbocycles. The molecule has 2 unspecified atom stereocenters. The van der Waals surface area contributed by atoms with Crippen LogP contribution in [0.25, 0.3) is 5.65 Å². The molecule has 2 atom stereocenters. The minimum atomic E-state index is 0.330. The molecule has 1 fully saturated rings. The van der Waals surface area contributed by atoms with Gasteiger partial charge in [-0.15, -0.1) is 10.2 Å². The number of hydrogen-bond acceptors (Lipinski definition) is 4. The van der Waals surface area contributed by atoms with Crippen LogP contribution < -0.4 is 5.32 Å². The molecule has 0 radical (unpaired) electrons. The molecule has 3 heterocycles. The largest absolute Gasteiger partial charge is 0.375 e. The van der Waals surface area contributed by atoms with E-state index in [4.69, 9.17) is 4.74 Å². The molecule has 0 bridgehead atoms. The van der Waals surface area contributed by atoms with Gasteiger partial charge in [0.25, 0.3) is 0 Å². The average Bonchev–Trinajstić information content (AvgIpc) is 2.78. The van der Waals surface area contributed by atoms with Gasteiger partial charge in [-0.05, 0) is 38.8 Å². The van der Waals surface area contributed by atoms with Crippen LogP contribution in [0.2, 0.25) is 0 Å². The molecule has 5 nitrogen and oxygen atoms in total. The minimum Gasteiger partial charge on any atom is -0.375 e. The second-order valence-corrected chi connectivity index (χ2v) is 5.35. The topological polar surface area (TPSA) is 51.5 Å². The van der Waals surface area contributed by atoms with E-state index in [-0.39, 0.29) is 0 Å². The Morgan fingerprint density at radius 1 is 1.26 bits per heavy atom. The molecule has 1 saturated heterocycles. The smallest absolute Gasteiger partial charge is 0.160 e. The van der Waals surface area contributed by atoms with Gasteiger partial charge in [-0.2, -0.15) is 0 Å². The normalized spacial score (nSPS) is 27.8. The van der Waals surface area contributed by atoms with Gasteiger partial charge < -0.3 is 10.1 Å². The fraction of sp³-hybridized carbons (Fsp3) is 0.571. The molecular weight excluding hydrogens is 240 g/mol. The third-order valence-corrected chi connectivity index (χ3v) is 3.63. The van der Waals surface area contributed by atoms with Gasteiger partial charge in [0.1, 0.15) is 0 Å². The maximum atomic E-state index is 5.75. The molecule has 5 heteroatoms. The Bertz CT molecular complexity index is 543. The van der Waals surface area contributed by atoms with Crippen molar-refractivity contribution in [1.82, 2.24) is 19.9 Å². The van der Waals surface area contributed by atoms with E-state index in [1.54, 1.807) is 0 Å². The minimum absolute atomic E-state index is 0.330. The van der Waals surface area contributed by atoms with Gasteiger partial charge in [-0.3, -0.25) is 4.40 Å². The fourth-order valence-electron chi connectivity index (χ4n) is 2.82. The lowest BCUT2D eigenvalue weighted by Crippen LogP contribution is -2.41. The van der Waals surface area contributed by atoms with Crippen molar-refractivity contribution < 1.29 is 4.74 Å². The molecular formula is C14H20N4O. The van der Waals surface area contributed by atoms with Gasteiger partial charge >= 0.3 is 0 Å². The first-order valence-electron chi connectivity index (χ1n) is 6.90. The number of nitrogens with one attached hydrogen (secondary N) is 1. The summed E-state index contributed by atoms with van der Waals surface area (Å²) in [5, 5.41) is 12.0. The number of pyridine rings is 1. The van der Waals surface area contributed by atoms with Crippen molar-refractivity contribution in [2.24, 2.45) is 0 Å². The van der Waals surface area contributed by atoms with Crippen molar-refractivity contribution in [3.05, 3.63) is 30.2 Å². The summed E-state index contributed by atoms with van der Waals surface area (Å²) in [7, 11) is 0. The highest BCUT2D eigenvalue weighted by Gasteiger charge is 2.24. The predicted octanol–water partition coefficient (Wildman–Crippen LogP) is 1.77. The first-order chi connectivity index (χ1) is 9.22. The quantitative estimate of drug-likeness (QED) is 0.914. The molecule has 102 valence electrons. The van der Waals surface area contributed by atoms with E-state index in [2.05, 4.69) is 29.4 Å². The zero-order valence-electron chi connectivity index (χ0n) is 11.4. The summed E-state index contributed by atoms with van der Waals surface area (Å²) in [4.78, 5) is 0. The van der Waals surface area contributed by atoms with Gasteiger partial charge in [0.15, 0.2) is 11.5 Å². The van der Waals surface area contributed by atoms with Gasteiger partial charge in [0, 0.05) is 12.2 Å². The molecule has 2 aromatic rings. The zero-order valence-corrected chi connectivity index (χ0v) is 11.4. The lowest BCUT2D eigenvalue weighted by atomic mass is 10.00. The van der Waals surface area contributed by atoms with Gasteiger partial charge in [0.2, 0.25) is 0 Å². The van der Waals surface area contributed by atoms with E-state index < -0.39 is 0 Å². The highest BCUT2D eigenvalue weighted by atomic mass is 16.5. The first-order valence-corrected chi connectivity index (χ1v) is 6.90. The van der Waals surface area contributed by atoms with Crippen LogP contribution in [-0.4, -0.2) is 32.8 Å². The van der Waals surface area contributed by atoms with E-state index in [1.165, 1.54) is 0 Å². The number of fused-ring (bicyclic) bond motifs is 1. The summed E-state index contributed by atoms with van der Waals surface area (Å²) in [6.07, 6.45) is 4.77. The maximum absolute atomic E-state index is 5.75. The van der Waals surface area contributed by atoms with Gasteiger partial charge in [-0.25, -0.2) is 0 Å². The van der Waals surface area contributed by atoms with E-state index >= 15 is 0 Å². The summed E-state index contributed by atoms with van der Waals surface area (Å²) in [6, 6.07) is 6.44. The molecule has 19 heavy (non-hydrogen) atoms. The van der Waals surface area contributed by atoms with Crippen LogP contribution in [0.5, 0.6) is 0 Å². The van der Waals surface area contributed by atoms with Crippen LogP contribution in [0.15, 0.2) is 24.4 Å². The van der Waals surface area contributed by atoms with Crippen molar-refractivity contribution in [2.45, 2.75) is 51.5 Å². The molecule has 0 spiro atoms. The van der Waals surface area contributed by atoms with E-state index in [0.29, 0.717) is 18.2 Å². The number of rotatable bonds is 3. The molecule has 0 saturated carbocycles. The number of aromatic nitrogens is 3. The standard InChI is InChI=1S/C14H20N4O/c1-10-7-12(8-11(2)19-10)15-9-14-17-16-13-5-3-4-6-18(13)14/h3-6,10-12,15H,7-9H2,1-2H3. The van der Waals surface area contributed by atoms with Crippen LogP contribution in [0.3, 0.4) is 0 Å². The molecule has 1 N–H and O–H groups in total. The highest BCUT2D eigenvalue weighted by molar-refractivity contribution is 5.36.